The zero-order valence-corrected chi connectivity index (χ0v) is 22.9. The summed E-state index contributed by atoms with van der Waals surface area (Å²) in [4.78, 5) is 29.1. The Kier molecular flexibility index (Phi) is 6.38. The lowest BCUT2D eigenvalue weighted by Crippen LogP contribution is -2.77. The summed E-state index contributed by atoms with van der Waals surface area (Å²) in [7, 11) is 3.68. The number of hydrogen-bond acceptors (Lipinski definition) is 7. The van der Waals surface area contributed by atoms with Crippen molar-refractivity contribution in [2.45, 2.75) is 68.2 Å². The lowest BCUT2D eigenvalue weighted by Gasteiger charge is -2.64. The molecule has 2 aliphatic heterocycles. The number of likely N-dealkylation sites (tertiary alicyclic amines) is 1. The van der Waals surface area contributed by atoms with Crippen molar-refractivity contribution in [3.05, 3.63) is 59.2 Å². The van der Waals surface area contributed by atoms with E-state index in [9.17, 15) is 27.9 Å². The third-order valence-electron chi connectivity index (χ3n) is 9.29. The van der Waals surface area contributed by atoms with Crippen LogP contribution < -0.4 is 14.2 Å². The van der Waals surface area contributed by atoms with Crippen LogP contribution in [0.1, 0.15) is 42.9 Å². The average Bonchev–Trinajstić information content (AvgIpc) is 3.25. The Morgan fingerprint density at radius 2 is 2.00 bits per heavy atom. The molecule has 0 radical (unpaired) electrons. The standard InChI is InChI=1S/C30H31F3N2O6/c1-17(36)39-22-9-8-19-16-23-29(38)12-11-21(27-28(29,13-14-34(23)2)25(19)26(22)40-27)35(3)24(37)10-7-18-5-4-6-20(15-18)41-30(31,32)33/h4-10,15,21,23,27,38H,11-14,16H2,1-3H3/t21-,23+,27-,28-,29+/m0/s1. The van der Waals surface area contributed by atoms with Gasteiger partial charge < -0.3 is 29.1 Å². The van der Waals surface area contributed by atoms with Crippen LogP contribution in [0.3, 0.4) is 0 Å². The lowest BCUT2D eigenvalue weighted by molar-refractivity contribution is -0.274. The molecule has 218 valence electrons. The molecule has 2 fully saturated rings. The molecular weight excluding hydrogens is 541 g/mol. The normalized spacial score (nSPS) is 30.0. The summed E-state index contributed by atoms with van der Waals surface area (Å²) in [6.45, 7) is 2.05. The van der Waals surface area contributed by atoms with Crippen molar-refractivity contribution < 1.29 is 42.1 Å². The number of hydrogen-bond donors (Lipinski definition) is 1. The minimum absolute atomic E-state index is 0.131. The van der Waals surface area contributed by atoms with Crippen LogP contribution in [-0.2, 0) is 21.4 Å². The minimum Gasteiger partial charge on any atom is -0.483 e. The van der Waals surface area contributed by atoms with Crippen LogP contribution in [0.15, 0.2) is 42.5 Å². The van der Waals surface area contributed by atoms with E-state index in [-0.39, 0.29) is 17.7 Å². The molecule has 5 atom stereocenters. The van der Waals surface area contributed by atoms with Gasteiger partial charge >= 0.3 is 12.3 Å². The topological polar surface area (TPSA) is 88.5 Å². The summed E-state index contributed by atoms with van der Waals surface area (Å²) in [5, 5.41) is 12.4. The highest BCUT2D eigenvalue weighted by Crippen LogP contribution is 2.65. The van der Waals surface area contributed by atoms with Gasteiger partial charge in [0, 0.05) is 31.7 Å². The second-order valence-electron chi connectivity index (χ2n) is 11.4. The number of carbonyl (C=O) groups excluding carboxylic acids is 2. The van der Waals surface area contributed by atoms with Gasteiger partial charge in [-0.15, -0.1) is 13.2 Å². The number of alkyl halides is 3. The maximum absolute atomic E-state index is 13.4. The summed E-state index contributed by atoms with van der Waals surface area (Å²) in [6.07, 6.45) is -0.507. The first kappa shape index (κ1) is 27.6. The Morgan fingerprint density at radius 1 is 1.22 bits per heavy atom. The smallest absolute Gasteiger partial charge is 0.483 e. The van der Waals surface area contributed by atoms with E-state index in [0.29, 0.717) is 42.7 Å². The summed E-state index contributed by atoms with van der Waals surface area (Å²) >= 11 is 0. The van der Waals surface area contributed by atoms with Crippen LogP contribution in [0.5, 0.6) is 17.2 Å². The quantitative estimate of drug-likeness (QED) is 0.331. The highest BCUT2D eigenvalue weighted by Gasteiger charge is 2.73. The third kappa shape index (κ3) is 4.28. The Bertz CT molecular complexity index is 1440. The molecule has 0 unspecified atom stereocenters. The third-order valence-corrected chi connectivity index (χ3v) is 9.29. The number of likely N-dealkylation sites (N-methyl/N-ethyl adjacent to an activating group) is 2. The Balaban J connectivity index is 1.33. The molecule has 41 heavy (non-hydrogen) atoms. The zero-order chi connectivity index (χ0) is 29.3. The van der Waals surface area contributed by atoms with Crippen LogP contribution >= 0.6 is 0 Å². The van der Waals surface area contributed by atoms with Crippen LogP contribution in [0, 0.1) is 0 Å². The van der Waals surface area contributed by atoms with Crippen molar-refractivity contribution in [1.82, 2.24) is 9.80 Å². The second kappa shape index (κ2) is 9.49. The number of nitrogens with zero attached hydrogens (tertiary/aromatic N) is 2. The fourth-order valence-electron chi connectivity index (χ4n) is 7.61. The van der Waals surface area contributed by atoms with E-state index in [1.807, 2.05) is 13.1 Å². The van der Waals surface area contributed by atoms with Crippen LogP contribution in [-0.4, -0.2) is 77.6 Å². The molecule has 2 aromatic rings. The molecule has 0 aromatic heterocycles. The van der Waals surface area contributed by atoms with Gasteiger partial charge in [-0.1, -0.05) is 18.2 Å². The monoisotopic (exact) mass is 572 g/mol. The molecule has 8 nitrogen and oxygen atoms in total. The van der Waals surface area contributed by atoms with Gasteiger partial charge in [-0.2, -0.15) is 0 Å². The number of rotatable bonds is 5. The van der Waals surface area contributed by atoms with Gasteiger partial charge in [0.15, 0.2) is 11.5 Å². The van der Waals surface area contributed by atoms with E-state index < -0.39 is 35.5 Å². The lowest BCUT2D eigenvalue weighted by atomic mass is 9.48. The predicted molar refractivity (Wildman–Crippen MR) is 141 cm³/mol. The largest absolute Gasteiger partial charge is 0.573 e. The van der Waals surface area contributed by atoms with Crippen LogP contribution in [0.25, 0.3) is 6.08 Å². The van der Waals surface area contributed by atoms with E-state index in [4.69, 9.17) is 9.47 Å². The predicted octanol–water partition coefficient (Wildman–Crippen LogP) is 3.83. The highest BCUT2D eigenvalue weighted by molar-refractivity contribution is 5.92. The van der Waals surface area contributed by atoms with E-state index in [1.165, 1.54) is 37.3 Å². The van der Waals surface area contributed by atoms with Gasteiger partial charge in [0.2, 0.25) is 5.91 Å². The molecule has 6 rings (SSSR count). The van der Waals surface area contributed by atoms with Crippen molar-refractivity contribution in [2.24, 2.45) is 0 Å². The van der Waals surface area contributed by atoms with Crippen molar-refractivity contribution in [3.8, 4) is 17.2 Å². The Hall–Kier alpha value is -3.57. The van der Waals surface area contributed by atoms with E-state index in [1.54, 1.807) is 24.1 Å². The molecule has 2 bridgehead atoms. The molecule has 11 heteroatoms. The number of piperidine rings is 1. The first-order chi connectivity index (χ1) is 19.3. The van der Waals surface area contributed by atoms with Gasteiger partial charge in [-0.3, -0.25) is 9.59 Å². The van der Waals surface area contributed by atoms with E-state index >= 15 is 0 Å². The molecule has 2 aliphatic carbocycles. The molecule has 1 spiro atoms. The van der Waals surface area contributed by atoms with Crippen molar-refractivity contribution in [2.75, 3.05) is 20.6 Å². The number of amides is 1. The van der Waals surface area contributed by atoms with Crippen molar-refractivity contribution in [3.63, 3.8) is 0 Å². The number of aliphatic hydroxyl groups is 1. The number of ether oxygens (including phenoxy) is 3. The zero-order valence-electron chi connectivity index (χ0n) is 22.9. The molecule has 1 saturated heterocycles. The molecular formula is C30H31F3N2O6. The maximum Gasteiger partial charge on any atom is 0.573 e. The van der Waals surface area contributed by atoms with Gasteiger partial charge in [-0.05, 0) is 74.7 Å². The van der Waals surface area contributed by atoms with Crippen molar-refractivity contribution in [1.29, 1.82) is 0 Å². The summed E-state index contributed by atoms with van der Waals surface area (Å²) in [5.74, 6) is -0.471. The Labute approximate surface area is 235 Å². The SMILES string of the molecule is CC(=O)Oc1ccc2c3c1O[C@H]1[C@@H](N(C)C(=O)C=Cc4cccc(OC(F)(F)F)c4)CC[C@@]4(O)[C@@H](C2)N(C)CC[C@]314. The van der Waals surface area contributed by atoms with Gasteiger partial charge in [0.05, 0.1) is 17.1 Å². The summed E-state index contributed by atoms with van der Waals surface area (Å²) in [6, 6.07) is 8.49. The molecule has 2 heterocycles. The molecule has 2 aromatic carbocycles. The van der Waals surface area contributed by atoms with Gasteiger partial charge in [0.25, 0.3) is 0 Å². The number of carbonyl (C=O) groups is 2. The van der Waals surface area contributed by atoms with E-state index in [2.05, 4.69) is 9.64 Å². The summed E-state index contributed by atoms with van der Waals surface area (Å²) < 4.78 is 54.0. The van der Waals surface area contributed by atoms with Gasteiger partial charge in [0.1, 0.15) is 11.9 Å². The van der Waals surface area contributed by atoms with Gasteiger partial charge in [-0.25, -0.2) is 0 Å². The molecule has 1 N–H and O–H groups in total. The van der Waals surface area contributed by atoms with Crippen LogP contribution in [0.4, 0.5) is 13.2 Å². The fraction of sp³-hybridized carbons (Fsp3) is 0.467. The highest BCUT2D eigenvalue weighted by atomic mass is 19.4. The molecule has 4 aliphatic rings. The number of benzene rings is 2. The summed E-state index contributed by atoms with van der Waals surface area (Å²) in [5.41, 5.74) is 0.377. The molecule has 1 amide bonds. The fourth-order valence-corrected chi connectivity index (χ4v) is 7.61. The van der Waals surface area contributed by atoms with Crippen molar-refractivity contribution >= 4 is 18.0 Å². The first-order valence-corrected chi connectivity index (χ1v) is 13.6. The second-order valence-corrected chi connectivity index (χ2v) is 11.4. The number of halogens is 3. The first-order valence-electron chi connectivity index (χ1n) is 13.6. The van der Waals surface area contributed by atoms with E-state index in [0.717, 1.165) is 17.7 Å². The number of esters is 1. The minimum atomic E-state index is -4.82. The molecule has 1 saturated carbocycles. The Morgan fingerprint density at radius 3 is 2.73 bits per heavy atom. The average molecular weight is 573 g/mol. The maximum atomic E-state index is 13.4. The van der Waals surface area contributed by atoms with Crippen LogP contribution in [0.2, 0.25) is 0 Å².